The van der Waals surface area contributed by atoms with Crippen LogP contribution in [0, 0.1) is 0 Å². The first-order valence-corrected chi connectivity index (χ1v) is 8.17. The monoisotopic (exact) mass is 402 g/mol. The van der Waals surface area contributed by atoms with E-state index in [1.807, 2.05) is 11.0 Å². The molecule has 1 aliphatic heterocycles. The summed E-state index contributed by atoms with van der Waals surface area (Å²) in [5, 5.41) is 2.68. The van der Waals surface area contributed by atoms with E-state index in [1.165, 1.54) is 6.42 Å². The molecule has 1 aromatic rings. The van der Waals surface area contributed by atoms with Crippen LogP contribution in [-0.4, -0.2) is 36.3 Å². The first-order valence-electron chi connectivity index (χ1n) is 6.58. The quantitative estimate of drug-likeness (QED) is 0.843. The minimum Gasteiger partial charge on any atom is -0.343 e. The van der Waals surface area contributed by atoms with Gasteiger partial charge in [-0.3, -0.25) is 9.59 Å². The number of nitrogens with one attached hydrogen (secondary N) is 1. The molecule has 1 aromatic carbocycles. The van der Waals surface area contributed by atoms with Gasteiger partial charge in [-0.15, -0.1) is 0 Å². The molecular formula is C14H16Br2N2O2. The molecule has 0 aromatic heterocycles. The Bertz CT molecular complexity index is 494. The zero-order chi connectivity index (χ0) is 14.5. The average Bonchev–Trinajstić information content (AvgIpc) is 2.44. The summed E-state index contributed by atoms with van der Waals surface area (Å²) in [4.78, 5) is 25.8. The van der Waals surface area contributed by atoms with Crippen LogP contribution in [-0.2, 0) is 4.79 Å². The standard InChI is InChI=1S/C14H16Br2N2O2/c15-11-6-10(7-12(16)8-11)14(20)17-9-13(19)18-4-2-1-3-5-18/h6-8H,1-5,9H2,(H,17,20). The maximum atomic E-state index is 12.0. The number of nitrogens with zero attached hydrogens (tertiary/aromatic N) is 1. The van der Waals surface area contributed by atoms with Gasteiger partial charge < -0.3 is 10.2 Å². The average molecular weight is 404 g/mol. The van der Waals surface area contributed by atoms with Crippen LogP contribution in [0.4, 0.5) is 0 Å². The van der Waals surface area contributed by atoms with Crippen molar-refractivity contribution in [3.05, 3.63) is 32.7 Å². The highest BCUT2D eigenvalue weighted by atomic mass is 79.9. The van der Waals surface area contributed by atoms with Crippen LogP contribution < -0.4 is 5.32 Å². The first kappa shape index (κ1) is 15.5. The van der Waals surface area contributed by atoms with E-state index in [1.54, 1.807) is 12.1 Å². The predicted octanol–water partition coefficient (Wildman–Crippen LogP) is 2.95. The van der Waals surface area contributed by atoms with Crippen LogP contribution in [0.15, 0.2) is 27.1 Å². The Hall–Kier alpha value is -0.880. The molecule has 0 aliphatic carbocycles. The van der Waals surface area contributed by atoms with E-state index in [2.05, 4.69) is 37.2 Å². The van der Waals surface area contributed by atoms with Crippen LogP contribution in [0.1, 0.15) is 29.6 Å². The third-order valence-electron chi connectivity index (χ3n) is 3.23. The number of carbonyl (C=O) groups excluding carboxylic acids is 2. The molecule has 0 radical (unpaired) electrons. The number of benzene rings is 1. The van der Waals surface area contributed by atoms with E-state index in [0.29, 0.717) is 5.56 Å². The fourth-order valence-corrected chi connectivity index (χ4v) is 3.49. The fraction of sp³-hybridized carbons (Fsp3) is 0.429. The number of likely N-dealkylation sites (tertiary alicyclic amines) is 1. The summed E-state index contributed by atoms with van der Waals surface area (Å²) >= 11 is 6.68. The maximum Gasteiger partial charge on any atom is 0.251 e. The molecule has 4 nitrogen and oxygen atoms in total. The van der Waals surface area contributed by atoms with Crippen LogP contribution >= 0.6 is 31.9 Å². The van der Waals surface area contributed by atoms with Gasteiger partial charge in [0.25, 0.3) is 5.91 Å². The molecule has 20 heavy (non-hydrogen) atoms. The molecule has 0 unspecified atom stereocenters. The highest BCUT2D eigenvalue weighted by molar-refractivity contribution is 9.11. The summed E-state index contributed by atoms with van der Waals surface area (Å²) in [5.41, 5.74) is 0.526. The lowest BCUT2D eigenvalue weighted by Crippen LogP contribution is -2.42. The van der Waals surface area contributed by atoms with Gasteiger partial charge in [0.1, 0.15) is 0 Å². The van der Waals surface area contributed by atoms with Gasteiger partial charge in [0, 0.05) is 27.6 Å². The van der Waals surface area contributed by atoms with Crippen molar-refractivity contribution in [3.63, 3.8) is 0 Å². The van der Waals surface area contributed by atoms with Gasteiger partial charge in [0.05, 0.1) is 6.54 Å². The van der Waals surface area contributed by atoms with Gasteiger partial charge in [0.15, 0.2) is 0 Å². The molecule has 0 spiro atoms. The first-order chi connectivity index (χ1) is 9.56. The molecule has 2 amide bonds. The maximum absolute atomic E-state index is 12.0. The molecular weight excluding hydrogens is 388 g/mol. The van der Waals surface area contributed by atoms with Gasteiger partial charge in [0.2, 0.25) is 5.91 Å². The number of rotatable bonds is 3. The second kappa shape index (κ2) is 7.22. The van der Waals surface area contributed by atoms with Crippen molar-refractivity contribution in [3.8, 4) is 0 Å². The van der Waals surface area contributed by atoms with E-state index in [9.17, 15) is 9.59 Å². The highest BCUT2D eigenvalue weighted by Gasteiger charge is 2.17. The van der Waals surface area contributed by atoms with Crippen molar-refractivity contribution < 1.29 is 9.59 Å². The Balaban J connectivity index is 1.89. The van der Waals surface area contributed by atoms with Gasteiger partial charge in [-0.2, -0.15) is 0 Å². The van der Waals surface area contributed by atoms with E-state index in [4.69, 9.17) is 0 Å². The molecule has 1 fully saturated rings. The lowest BCUT2D eigenvalue weighted by Gasteiger charge is -2.26. The highest BCUT2D eigenvalue weighted by Crippen LogP contribution is 2.20. The van der Waals surface area contributed by atoms with Crippen LogP contribution in [0.5, 0.6) is 0 Å². The zero-order valence-electron chi connectivity index (χ0n) is 11.0. The van der Waals surface area contributed by atoms with E-state index in [0.717, 1.165) is 34.9 Å². The minimum atomic E-state index is -0.239. The SMILES string of the molecule is O=C(NCC(=O)N1CCCCC1)c1cc(Br)cc(Br)c1. The lowest BCUT2D eigenvalue weighted by atomic mass is 10.1. The Morgan fingerprint density at radius 1 is 1.05 bits per heavy atom. The summed E-state index contributed by atoms with van der Waals surface area (Å²) in [6.07, 6.45) is 3.29. The summed E-state index contributed by atoms with van der Waals surface area (Å²) < 4.78 is 1.64. The number of amides is 2. The molecule has 6 heteroatoms. The van der Waals surface area contributed by atoms with Gasteiger partial charge in [-0.1, -0.05) is 31.9 Å². The Labute approximate surface area is 135 Å². The van der Waals surface area contributed by atoms with Gasteiger partial charge >= 0.3 is 0 Å². The Morgan fingerprint density at radius 3 is 2.25 bits per heavy atom. The predicted molar refractivity (Wildman–Crippen MR) is 84.6 cm³/mol. The second-order valence-corrected chi connectivity index (χ2v) is 6.61. The van der Waals surface area contributed by atoms with E-state index < -0.39 is 0 Å². The number of piperidine rings is 1. The van der Waals surface area contributed by atoms with Crippen molar-refractivity contribution in [2.24, 2.45) is 0 Å². The molecule has 0 saturated carbocycles. The Kier molecular flexibility index (Phi) is 5.60. The molecule has 1 aliphatic rings. The second-order valence-electron chi connectivity index (χ2n) is 4.78. The van der Waals surface area contributed by atoms with Crippen LogP contribution in [0.3, 0.4) is 0 Å². The number of hydrogen-bond acceptors (Lipinski definition) is 2. The third-order valence-corrected chi connectivity index (χ3v) is 4.15. The number of halogens is 2. The smallest absolute Gasteiger partial charge is 0.251 e. The van der Waals surface area contributed by atoms with Crippen LogP contribution in [0.25, 0.3) is 0 Å². The normalized spacial score (nSPS) is 15.0. The lowest BCUT2D eigenvalue weighted by molar-refractivity contribution is -0.130. The van der Waals surface area contributed by atoms with Gasteiger partial charge in [-0.05, 0) is 37.5 Å². The van der Waals surface area contributed by atoms with Gasteiger partial charge in [-0.25, -0.2) is 0 Å². The van der Waals surface area contributed by atoms with Crippen LogP contribution in [0.2, 0.25) is 0 Å². The topological polar surface area (TPSA) is 49.4 Å². The molecule has 1 saturated heterocycles. The number of carbonyl (C=O) groups is 2. The summed E-state index contributed by atoms with van der Waals surface area (Å²) in [6, 6.07) is 5.31. The summed E-state index contributed by atoms with van der Waals surface area (Å²) in [5.74, 6) is -0.246. The summed E-state index contributed by atoms with van der Waals surface area (Å²) in [7, 11) is 0. The van der Waals surface area contributed by atoms with Crippen molar-refractivity contribution in [1.29, 1.82) is 0 Å². The van der Waals surface area contributed by atoms with E-state index in [-0.39, 0.29) is 18.4 Å². The van der Waals surface area contributed by atoms with Crippen molar-refractivity contribution in [2.45, 2.75) is 19.3 Å². The van der Waals surface area contributed by atoms with Crippen molar-refractivity contribution >= 4 is 43.7 Å². The fourth-order valence-electron chi connectivity index (χ4n) is 2.20. The molecule has 2 rings (SSSR count). The van der Waals surface area contributed by atoms with E-state index >= 15 is 0 Å². The summed E-state index contributed by atoms with van der Waals surface area (Å²) in [6.45, 7) is 1.66. The third kappa shape index (κ3) is 4.31. The zero-order valence-corrected chi connectivity index (χ0v) is 14.2. The molecule has 1 heterocycles. The molecule has 108 valence electrons. The Morgan fingerprint density at radius 2 is 1.65 bits per heavy atom. The molecule has 0 atom stereocenters. The molecule has 1 N–H and O–H groups in total. The molecule has 0 bridgehead atoms. The van der Waals surface area contributed by atoms with Crippen molar-refractivity contribution in [1.82, 2.24) is 10.2 Å². The van der Waals surface area contributed by atoms with Crippen molar-refractivity contribution in [2.75, 3.05) is 19.6 Å². The largest absolute Gasteiger partial charge is 0.343 e. The minimum absolute atomic E-state index is 0.00730. The number of hydrogen-bond donors (Lipinski definition) is 1.